The van der Waals surface area contributed by atoms with Gasteiger partial charge < -0.3 is 25.1 Å². The highest BCUT2D eigenvalue weighted by molar-refractivity contribution is 14.0. The van der Waals surface area contributed by atoms with Crippen molar-refractivity contribution in [2.75, 3.05) is 39.5 Å². The van der Waals surface area contributed by atoms with E-state index >= 15 is 0 Å². The number of ether oxygens (including phenoxy) is 2. The Hall–Kier alpha value is -1.32. The van der Waals surface area contributed by atoms with Crippen molar-refractivity contribution in [2.45, 2.75) is 45.6 Å². The van der Waals surface area contributed by atoms with Gasteiger partial charge >= 0.3 is 0 Å². The number of hydrogen-bond donors (Lipinski definition) is 3. The Morgan fingerprint density at radius 1 is 1.34 bits per heavy atom. The Bertz CT molecular complexity index is 756. The largest absolute Gasteiger partial charge is 0.379 e. The first-order chi connectivity index (χ1) is 13.8. The molecule has 0 spiro atoms. The minimum atomic E-state index is 0. The molecule has 162 valence electrons. The SMILES string of the molecule is CCNC(=NCCCOCC1CCCO1)NCCc1c[nH]c2c(C)cccc12.I. The van der Waals surface area contributed by atoms with Gasteiger partial charge in [0.25, 0.3) is 0 Å². The number of aryl methyl sites for hydroxylation is 1. The zero-order valence-electron chi connectivity index (χ0n) is 17.6. The number of benzene rings is 1. The molecule has 1 atom stereocenters. The van der Waals surface area contributed by atoms with Crippen LogP contribution in [0.5, 0.6) is 0 Å². The summed E-state index contributed by atoms with van der Waals surface area (Å²) in [5, 5.41) is 8.07. The van der Waals surface area contributed by atoms with Crippen LogP contribution in [0.2, 0.25) is 0 Å². The van der Waals surface area contributed by atoms with E-state index < -0.39 is 0 Å². The van der Waals surface area contributed by atoms with Gasteiger partial charge in [0.15, 0.2) is 5.96 Å². The van der Waals surface area contributed by atoms with E-state index in [1.807, 2.05) is 0 Å². The number of aliphatic imine (C=N–C) groups is 1. The van der Waals surface area contributed by atoms with Gasteiger partial charge in [-0.2, -0.15) is 0 Å². The molecule has 6 nitrogen and oxygen atoms in total. The second-order valence-electron chi connectivity index (χ2n) is 7.31. The minimum absolute atomic E-state index is 0. The first-order valence-corrected chi connectivity index (χ1v) is 10.5. The summed E-state index contributed by atoms with van der Waals surface area (Å²) in [5.74, 6) is 0.873. The quantitative estimate of drug-likeness (QED) is 0.195. The van der Waals surface area contributed by atoms with E-state index in [0.29, 0.717) is 12.7 Å². The van der Waals surface area contributed by atoms with E-state index in [0.717, 1.165) is 64.5 Å². The Labute approximate surface area is 191 Å². The number of H-pyrrole nitrogens is 1. The number of halogens is 1. The number of rotatable bonds is 10. The van der Waals surface area contributed by atoms with Gasteiger partial charge in [-0.3, -0.25) is 4.99 Å². The molecule has 0 amide bonds. The number of para-hydroxylation sites is 1. The van der Waals surface area contributed by atoms with Gasteiger partial charge in [-0.25, -0.2) is 0 Å². The fourth-order valence-electron chi connectivity index (χ4n) is 3.58. The molecule has 3 N–H and O–H groups in total. The lowest BCUT2D eigenvalue weighted by atomic mass is 10.1. The summed E-state index contributed by atoms with van der Waals surface area (Å²) in [6.45, 7) is 9.02. The van der Waals surface area contributed by atoms with Crippen LogP contribution in [-0.2, 0) is 15.9 Å². The summed E-state index contributed by atoms with van der Waals surface area (Å²) >= 11 is 0. The lowest BCUT2D eigenvalue weighted by Crippen LogP contribution is -2.38. The van der Waals surface area contributed by atoms with Gasteiger partial charge in [0.1, 0.15) is 0 Å². The average molecular weight is 514 g/mol. The molecule has 0 aliphatic carbocycles. The van der Waals surface area contributed by atoms with Crippen LogP contribution < -0.4 is 10.6 Å². The third-order valence-corrected chi connectivity index (χ3v) is 5.08. The summed E-state index contributed by atoms with van der Waals surface area (Å²) in [4.78, 5) is 8.05. The van der Waals surface area contributed by atoms with Crippen molar-refractivity contribution in [3.8, 4) is 0 Å². The van der Waals surface area contributed by atoms with Gasteiger partial charge in [0.05, 0.1) is 12.7 Å². The molecule has 0 bridgehead atoms. The standard InChI is InChI=1S/C22H34N4O2.HI/c1-3-23-22(24-11-6-13-27-16-19-8-5-14-28-19)25-12-10-18-15-26-21-17(2)7-4-9-20(18)21;/h4,7,9,15,19,26H,3,5-6,8,10-14,16H2,1-2H3,(H2,23,24,25);1H. The van der Waals surface area contributed by atoms with Crippen LogP contribution in [0.25, 0.3) is 10.9 Å². The molecule has 2 heterocycles. The molecule has 1 aromatic heterocycles. The van der Waals surface area contributed by atoms with Crippen LogP contribution in [0, 0.1) is 6.92 Å². The molecule has 29 heavy (non-hydrogen) atoms. The lowest BCUT2D eigenvalue weighted by molar-refractivity contribution is 0.0171. The average Bonchev–Trinajstić information content (AvgIpc) is 3.35. The van der Waals surface area contributed by atoms with E-state index in [2.05, 4.69) is 58.9 Å². The van der Waals surface area contributed by atoms with E-state index in [4.69, 9.17) is 9.47 Å². The molecular weight excluding hydrogens is 479 g/mol. The van der Waals surface area contributed by atoms with Crippen molar-refractivity contribution in [1.29, 1.82) is 0 Å². The van der Waals surface area contributed by atoms with E-state index in [9.17, 15) is 0 Å². The summed E-state index contributed by atoms with van der Waals surface area (Å²) < 4.78 is 11.3. The maximum atomic E-state index is 5.70. The summed E-state index contributed by atoms with van der Waals surface area (Å²) in [7, 11) is 0. The normalized spacial score (nSPS) is 16.8. The molecule has 0 radical (unpaired) electrons. The van der Waals surface area contributed by atoms with Gasteiger partial charge in [-0.1, -0.05) is 18.2 Å². The smallest absolute Gasteiger partial charge is 0.191 e. The van der Waals surface area contributed by atoms with E-state index in [-0.39, 0.29) is 24.0 Å². The molecule has 1 aliphatic rings. The van der Waals surface area contributed by atoms with Crippen molar-refractivity contribution in [2.24, 2.45) is 4.99 Å². The fraction of sp³-hybridized carbons (Fsp3) is 0.591. The molecule has 0 saturated carbocycles. The maximum absolute atomic E-state index is 5.70. The monoisotopic (exact) mass is 514 g/mol. The molecule has 1 saturated heterocycles. The molecular formula is C22H35IN4O2. The lowest BCUT2D eigenvalue weighted by Gasteiger charge is -2.12. The zero-order valence-corrected chi connectivity index (χ0v) is 20.0. The summed E-state index contributed by atoms with van der Waals surface area (Å²) in [5.41, 5.74) is 3.86. The van der Waals surface area contributed by atoms with Crippen molar-refractivity contribution in [3.63, 3.8) is 0 Å². The molecule has 1 aromatic carbocycles. The molecule has 2 aromatic rings. The fourth-order valence-corrected chi connectivity index (χ4v) is 3.58. The highest BCUT2D eigenvalue weighted by Crippen LogP contribution is 2.21. The Morgan fingerprint density at radius 2 is 2.24 bits per heavy atom. The maximum Gasteiger partial charge on any atom is 0.191 e. The van der Waals surface area contributed by atoms with Crippen LogP contribution in [-0.4, -0.2) is 56.5 Å². The van der Waals surface area contributed by atoms with Crippen molar-refractivity contribution >= 4 is 40.8 Å². The predicted octanol–water partition coefficient (Wildman–Crippen LogP) is 3.78. The minimum Gasteiger partial charge on any atom is -0.379 e. The molecule has 3 rings (SSSR count). The Balaban J connectivity index is 0.00000300. The molecule has 1 unspecified atom stereocenters. The van der Waals surface area contributed by atoms with Gasteiger partial charge in [-0.15, -0.1) is 24.0 Å². The number of nitrogens with zero attached hydrogens (tertiary/aromatic N) is 1. The summed E-state index contributed by atoms with van der Waals surface area (Å²) in [6.07, 6.45) is 6.59. The number of aromatic nitrogens is 1. The second-order valence-corrected chi connectivity index (χ2v) is 7.31. The Morgan fingerprint density at radius 3 is 3.03 bits per heavy atom. The summed E-state index contributed by atoms with van der Waals surface area (Å²) in [6, 6.07) is 6.44. The number of aromatic amines is 1. The second kappa shape index (κ2) is 13.1. The van der Waals surface area contributed by atoms with Crippen molar-refractivity contribution in [3.05, 3.63) is 35.5 Å². The van der Waals surface area contributed by atoms with E-state index in [1.54, 1.807) is 0 Å². The highest BCUT2D eigenvalue weighted by atomic mass is 127. The number of nitrogens with one attached hydrogen (secondary N) is 3. The van der Waals surface area contributed by atoms with Crippen LogP contribution in [0.4, 0.5) is 0 Å². The van der Waals surface area contributed by atoms with Gasteiger partial charge in [0, 0.05) is 49.9 Å². The van der Waals surface area contributed by atoms with Crippen LogP contribution in [0.3, 0.4) is 0 Å². The highest BCUT2D eigenvalue weighted by Gasteiger charge is 2.14. The molecule has 7 heteroatoms. The van der Waals surface area contributed by atoms with Crippen LogP contribution in [0.15, 0.2) is 29.4 Å². The topological polar surface area (TPSA) is 70.7 Å². The van der Waals surface area contributed by atoms with E-state index in [1.165, 1.54) is 22.0 Å². The number of fused-ring (bicyclic) bond motifs is 1. The molecule has 1 aliphatic heterocycles. The third kappa shape index (κ3) is 7.46. The van der Waals surface area contributed by atoms with Gasteiger partial charge in [-0.05, 0) is 50.7 Å². The first kappa shape index (κ1) is 24.0. The van der Waals surface area contributed by atoms with Crippen LogP contribution in [0.1, 0.15) is 37.3 Å². The van der Waals surface area contributed by atoms with Gasteiger partial charge in [0.2, 0.25) is 0 Å². The zero-order chi connectivity index (χ0) is 19.6. The number of hydrogen-bond acceptors (Lipinski definition) is 3. The number of guanidine groups is 1. The first-order valence-electron chi connectivity index (χ1n) is 10.5. The molecule has 1 fully saturated rings. The third-order valence-electron chi connectivity index (χ3n) is 5.08. The van der Waals surface area contributed by atoms with Crippen molar-refractivity contribution in [1.82, 2.24) is 15.6 Å². The Kier molecular flexibility index (Phi) is 10.8. The van der Waals surface area contributed by atoms with Crippen LogP contribution >= 0.6 is 24.0 Å². The van der Waals surface area contributed by atoms with Crippen molar-refractivity contribution < 1.29 is 9.47 Å². The predicted molar refractivity (Wildman–Crippen MR) is 131 cm³/mol.